The molecule has 1 aromatic heterocycles. The Morgan fingerprint density at radius 2 is 1.63 bits per heavy atom. The maximum absolute atomic E-state index is 13.6. The fourth-order valence-corrected chi connectivity index (χ4v) is 5.56. The Morgan fingerprint density at radius 1 is 0.959 bits per heavy atom. The molecular formula is C32H41N7O9S. The number of ether oxygens (including phenoxy) is 4. The van der Waals surface area contributed by atoms with E-state index in [2.05, 4.69) is 20.3 Å². The second-order valence-electron chi connectivity index (χ2n) is 10.7. The lowest BCUT2D eigenvalue weighted by Gasteiger charge is -2.20. The number of carboxylic acids is 1. The number of guanidine groups is 1. The van der Waals surface area contributed by atoms with E-state index in [-0.39, 0.29) is 31.8 Å². The van der Waals surface area contributed by atoms with Crippen LogP contribution in [0.5, 0.6) is 23.0 Å². The zero-order valence-corrected chi connectivity index (χ0v) is 28.4. The first-order valence-electron chi connectivity index (χ1n) is 15.0. The van der Waals surface area contributed by atoms with E-state index >= 15 is 0 Å². The number of nitrogens with two attached hydrogens (primary N) is 2. The number of methoxy groups -OCH3 is 4. The Bertz CT molecular complexity index is 1640. The minimum atomic E-state index is -1.24. The van der Waals surface area contributed by atoms with Crippen LogP contribution in [-0.2, 0) is 19.2 Å². The molecule has 0 aliphatic heterocycles. The Balaban J connectivity index is 1.87. The lowest BCUT2D eigenvalue weighted by atomic mass is 10.00. The lowest BCUT2D eigenvalue weighted by Crippen LogP contribution is -2.44. The van der Waals surface area contributed by atoms with Gasteiger partial charge < -0.3 is 51.5 Å². The van der Waals surface area contributed by atoms with E-state index in [0.717, 1.165) is 5.56 Å². The molecule has 2 aromatic carbocycles. The third kappa shape index (κ3) is 10.5. The van der Waals surface area contributed by atoms with Crippen LogP contribution in [0, 0.1) is 5.41 Å². The molecule has 0 saturated heterocycles. The topological polar surface area (TPSA) is 250 Å². The maximum atomic E-state index is 13.6. The van der Waals surface area contributed by atoms with Gasteiger partial charge in [-0.1, -0.05) is 6.07 Å². The fourth-order valence-electron chi connectivity index (χ4n) is 4.85. The predicted octanol–water partition coefficient (Wildman–Crippen LogP) is 2.35. The minimum Gasteiger partial charge on any atom is -0.495 e. The van der Waals surface area contributed by atoms with Crippen molar-refractivity contribution in [1.82, 2.24) is 15.0 Å². The predicted molar refractivity (Wildman–Crippen MR) is 183 cm³/mol. The first-order valence-corrected chi connectivity index (χ1v) is 15.9. The van der Waals surface area contributed by atoms with Crippen LogP contribution >= 0.6 is 11.5 Å². The first-order chi connectivity index (χ1) is 23.4. The summed E-state index contributed by atoms with van der Waals surface area (Å²) in [7, 11) is 6.02. The van der Waals surface area contributed by atoms with Crippen LogP contribution in [0.15, 0.2) is 35.7 Å². The number of hydrogen-bond donors (Lipinski definition) is 7. The number of hydrogen-bond acceptors (Lipinski definition) is 12. The number of carbonyl (C=O) groups excluding carboxylic acids is 3. The highest BCUT2D eigenvalue weighted by molar-refractivity contribution is 7.04. The summed E-state index contributed by atoms with van der Waals surface area (Å²) in [5, 5.41) is 26.2. The molecule has 0 aliphatic carbocycles. The summed E-state index contributed by atoms with van der Waals surface area (Å²) in [6.07, 6.45) is -0.627. The fraction of sp³-hybridized carbons (Fsp3) is 0.375. The third-order valence-electron chi connectivity index (χ3n) is 7.32. The van der Waals surface area contributed by atoms with Gasteiger partial charge >= 0.3 is 5.97 Å². The van der Waals surface area contributed by atoms with Crippen LogP contribution in [0.4, 0.5) is 5.69 Å². The Kier molecular flexibility index (Phi) is 14.1. The summed E-state index contributed by atoms with van der Waals surface area (Å²) in [5.41, 5.74) is 14.1. The van der Waals surface area contributed by atoms with Crippen molar-refractivity contribution in [2.45, 2.75) is 44.2 Å². The van der Waals surface area contributed by atoms with Gasteiger partial charge in [0.15, 0.2) is 23.2 Å². The van der Waals surface area contributed by atoms with Crippen molar-refractivity contribution in [3.8, 4) is 45.4 Å². The summed E-state index contributed by atoms with van der Waals surface area (Å²) in [6.45, 7) is 0.269. The summed E-state index contributed by atoms with van der Waals surface area (Å²) < 4.78 is 26.6. The first kappa shape index (κ1) is 38.0. The Morgan fingerprint density at radius 3 is 2.22 bits per heavy atom. The van der Waals surface area contributed by atoms with Crippen LogP contribution < -0.4 is 46.4 Å². The SMILES string of the molecule is COc1ccc(-c2csnc2-c2cc(OC)c(OC)c(OC)c2)cc1NC(=O)[C@@H](CCCNC(=N)N)NC(=O)CCC(=O)[C@H](N)CC(=O)O. The van der Waals surface area contributed by atoms with Crippen LogP contribution in [0.1, 0.15) is 32.1 Å². The third-order valence-corrected chi connectivity index (χ3v) is 7.95. The Hall–Kier alpha value is -5.42. The molecule has 0 bridgehead atoms. The number of carbonyl (C=O) groups is 4. The average molecular weight is 700 g/mol. The number of carboxylic acid groups (broad SMARTS) is 1. The van der Waals surface area contributed by atoms with Crippen LogP contribution in [0.25, 0.3) is 22.4 Å². The molecule has 3 rings (SSSR count). The van der Waals surface area contributed by atoms with Crippen LogP contribution in [-0.4, -0.2) is 86.1 Å². The molecule has 0 fully saturated rings. The van der Waals surface area contributed by atoms with E-state index in [1.165, 1.54) is 40.0 Å². The second kappa shape index (κ2) is 18.2. The Labute approximate surface area is 287 Å². The van der Waals surface area contributed by atoms with Gasteiger partial charge in [-0.25, -0.2) is 0 Å². The number of amides is 2. The summed E-state index contributed by atoms with van der Waals surface area (Å²) in [4.78, 5) is 49.5. The van der Waals surface area contributed by atoms with Gasteiger partial charge in [-0.05, 0) is 54.2 Å². The quantitative estimate of drug-likeness (QED) is 0.0540. The minimum absolute atomic E-state index is 0.159. The lowest BCUT2D eigenvalue weighted by molar-refractivity contribution is -0.139. The summed E-state index contributed by atoms with van der Waals surface area (Å²) >= 11 is 1.24. The molecule has 16 nitrogen and oxygen atoms in total. The van der Waals surface area contributed by atoms with Crippen molar-refractivity contribution in [3.63, 3.8) is 0 Å². The largest absolute Gasteiger partial charge is 0.495 e. The molecule has 0 saturated carbocycles. The molecular weight excluding hydrogens is 658 g/mol. The van der Waals surface area contributed by atoms with Crippen LogP contribution in [0.2, 0.25) is 0 Å². The van der Waals surface area contributed by atoms with Crippen molar-refractivity contribution in [3.05, 3.63) is 35.7 Å². The molecule has 264 valence electrons. The van der Waals surface area contributed by atoms with E-state index < -0.39 is 42.1 Å². The number of Topliss-reactive ketones (excluding diaryl/α,β-unsaturated/α-hetero) is 1. The standard InChI is InChI=1S/C32H41N7O9S/c1-45-24-9-7-17(19-16-49-39-29(19)18-13-25(46-2)30(48-4)26(14-18)47-3)12-22(24)38-31(44)21(6-5-11-36-32(34)35)37-27(41)10-8-23(40)20(33)15-28(42)43/h7,9,12-14,16,20-21H,5-6,8,10-11,15,33H2,1-4H3,(H,37,41)(H,38,44)(H,42,43)(H4,34,35,36)/t20-,21-/m1/s1. The molecule has 49 heavy (non-hydrogen) atoms. The van der Waals surface area contributed by atoms with E-state index in [4.69, 9.17) is 40.9 Å². The van der Waals surface area contributed by atoms with Gasteiger partial charge in [0.2, 0.25) is 17.6 Å². The highest BCUT2D eigenvalue weighted by Gasteiger charge is 2.25. The maximum Gasteiger partial charge on any atom is 0.305 e. The van der Waals surface area contributed by atoms with Crippen molar-refractivity contribution in [1.29, 1.82) is 5.41 Å². The smallest absolute Gasteiger partial charge is 0.305 e. The molecule has 3 aromatic rings. The zero-order valence-electron chi connectivity index (χ0n) is 27.6. The summed E-state index contributed by atoms with van der Waals surface area (Å²) in [5.74, 6) is -1.51. The monoisotopic (exact) mass is 699 g/mol. The highest BCUT2D eigenvalue weighted by atomic mass is 32.1. The van der Waals surface area contributed by atoms with E-state index in [0.29, 0.717) is 51.9 Å². The second-order valence-corrected chi connectivity index (χ2v) is 11.3. The zero-order chi connectivity index (χ0) is 36.1. The van der Waals surface area contributed by atoms with Crippen molar-refractivity contribution in [2.75, 3.05) is 40.3 Å². The van der Waals surface area contributed by atoms with Gasteiger partial charge in [0.1, 0.15) is 11.8 Å². The van der Waals surface area contributed by atoms with Gasteiger partial charge in [-0.3, -0.25) is 24.6 Å². The van der Waals surface area contributed by atoms with Crippen LogP contribution in [0.3, 0.4) is 0 Å². The number of anilines is 1. The number of rotatable bonds is 19. The molecule has 2 atom stereocenters. The van der Waals surface area contributed by atoms with Crippen molar-refractivity contribution < 1.29 is 43.2 Å². The van der Waals surface area contributed by atoms with E-state index in [9.17, 15) is 19.2 Å². The van der Waals surface area contributed by atoms with E-state index in [1.54, 1.807) is 24.3 Å². The molecule has 0 radical (unpaired) electrons. The number of aliphatic carboxylic acids is 1. The number of nitrogens with zero attached hydrogens (tertiary/aromatic N) is 1. The number of nitrogens with one attached hydrogen (secondary N) is 4. The van der Waals surface area contributed by atoms with Crippen molar-refractivity contribution >= 4 is 46.7 Å². The summed E-state index contributed by atoms with van der Waals surface area (Å²) in [6, 6.07) is 6.52. The van der Waals surface area contributed by atoms with E-state index in [1.807, 2.05) is 11.4 Å². The van der Waals surface area contributed by atoms with Gasteiger partial charge in [-0.2, -0.15) is 4.37 Å². The molecule has 1 heterocycles. The molecule has 2 amide bonds. The van der Waals surface area contributed by atoms with Gasteiger partial charge in [0, 0.05) is 35.9 Å². The molecule has 9 N–H and O–H groups in total. The van der Waals surface area contributed by atoms with Gasteiger partial charge in [0.05, 0.1) is 52.3 Å². The molecule has 0 aliphatic rings. The average Bonchev–Trinajstić information content (AvgIpc) is 3.57. The number of benzene rings is 2. The number of ketones is 1. The molecule has 17 heteroatoms. The highest BCUT2D eigenvalue weighted by Crippen LogP contribution is 2.44. The molecule has 0 unspecified atom stereocenters. The number of aromatic nitrogens is 1. The van der Waals surface area contributed by atoms with Gasteiger partial charge in [-0.15, -0.1) is 0 Å². The normalized spacial score (nSPS) is 11.9. The molecule has 0 spiro atoms. The van der Waals surface area contributed by atoms with Gasteiger partial charge in [0.25, 0.3) is 0 Å². The van der Waals surface area contributed by atoms with Crippen molar-refractivity contribution in [2.24, 2.45) is 11.5 Å².